The van der Waals surface area contributed by atoms with Crippen molar-refractivity contribution < 1.29 is 4.79 Å². The van der Waals surface area contributed by atoms with E-state index in [9.17, 15) is 4.79 Å². The molecule has 1 amide bonds. The minimum absolute atomic E-state index is 0.0220. The molecule has 7 nitrogen and oxygen atoms in total. The third kappa shape index (κ3) is 3.62. The van der Waals surface area contributed by atoms with E-state index in [0.717, 1.165) is 25.9 Å². The molecular formula is C19H20N6O. The normalized spacial score (nSPS) is 17.3. The van der Waals surface area contributed by atoms with Crippen molar-refractivity contribution >= 4 is 11.6 Å². The molecule has 0 radical (unpaired) electrons. The number of amides is 1. The van der Waals surface area contributed by atoms with Crippen LogP contribution in [0.5, 0.6) is 0 Å². The number of pyridine rings is 1. The van der Waals surface area contributed by atoms with Crippen LogP contribution in [0.4, 0.5) is 5.69 Å². The first kappa shape index (κ1) is 16.4. The van der Waals surface area contributed by atoms with E-state index < -0.39 is 0 Å². The number of likely N-dealkylation sites (tertiary alicyclic amines) is 1. The molecule has 1 atom stereocenters. The highest BCUT2D eigenvalue weighted by atomic mass is 16.2. The summed E-state index contributed by atoms with van der Waals surface area (Å²) in [5.74, 6) is 0.681. The molecule has 0 bridgehead atoms. The Labute approximate surface area is 151 Å². The molecule has 1 aliphatic rings. The summed E-state index contributed by atoms with van der Waals surface area (Å²) in [4.78, 5) is 23.2. The Morgan fingerprint density at radius 2 is 2.08 bits per heavy atom. The highest BCUT2D eigenvalue weighted by Gasteiger charge is 2.30. The van der Waals surface area contributed by atoms with Crippen LogP contribution in [0.2, 0.25) is 0 Å². The van der Waals surface area contributed by atoms with E-state index in [1.807, 2.05) is 24.3 Å². The molecule has 132 valence electrons. The van der Waals surface area contributed by atoms with Gasteiger partial charge in [-0.2, -0.15) is 5.10 Å². The topological polar surface area (TPSA) is 75.9 Å². The van der Waals surface area contributed by atoms with Gasteiger partial charge in [-0.3, -0.25) is 9.69 Å². The lowest BCUT2D eigenvalue weighted by Gasteiger charge is -2.23. The number of carbonyl (C=O) groups excluding carboxylic acids is 1. The maximum atomic E-state index is 12.7. The van der Waals surface area contributed by atoms with Crippen molar-refractivity contribution in [3.63, 3.8) is 0 Å². The molecule has 0 saturated carbocycles. The molecule has 1 fully saturated rings. The molecule has 3 heterocycles. The number of hydrogen-bond acceptors (Lipinski definition) is 5. The van der Waals surface area contributed by atoms with Crippen molar-refractivity contribution in [2.75, 3.05) is 11.9 Å². The highest BCUT2D eigenvalue weighted by molar-refractivity contribution is 5.94. The van der Waals surface area contributed by atoms with Gasteiger partial charge in [0.15, 0.2) is 5.82 Å². The average molecular weight is 348 g/mol. The number of benzene rings is 1. The Kier molecular flexibility index (Phi) is 4.70. The summed E-state index contributed by atoms with van der Waals surface area (Å²) in [6.07, 6.45) is 6.60. The molecule has 1 unspecified atom stereocenters. The standard InChI is InChI=1S/C19H20N6O/c26-19(17-7-4-10-24(17)12-15-5-2-1-3-6-15)23-16-8-9-18(21-11-16)25-14-20-13-22-25/h1-3,5-6,8-9,11,13-14,17H,4,7,10,12H2,(H,23,26). The van der Waals surface area contributed by atoms with E-state index in [1.165, 1.54) is 11.9 Å². The zero-order valence-electron chi connectivity index (χ0n) is 14.3. The van der Waals surface area contributed by atoms with Crippen molar-refractivity contribution in [3.05, 3.63) is 66.9 Å². The van der Waals surface area contributed by atoms with Crippen molar-refractivity contribution in [3.8, 4) is 5.82 Å². The fraction of sp³-hybridized carbons (Fsp3) is 0.263. The zero-order valence-corrected chi connectivity index (χ0v) is 14.3. The number of rotatable bonds is 5. The fourth-order valence-corrected chi connectivity index (χ4v) is 3.28. The van der Waals surface area contributed by atoms with E-state index in [2.05, 4.69) is 37.4 Å². The van der Waals surface area contributed by atoms with Crippen LogP contribution in [-0.4, -0.2) is 43.1 Å². The van der Waals surface area contributed by atoms with Gasteiger partial charge in [0.2, 0.25) is 5.91 Å². The lowest BCUT2D eigenvalue weighted by Crippen LogP contribution is -2.39. The van der Waals surface area contributed by atoms with Crippen molar-refractivity contribution in [2.45, 2.75) is 25.4 Å². The molecule has 3 aromatic rings. The summed E-state index contributed by atoms with van der Waals surface area (Å²) in [5.41, 5.74) is 1.91. The van der Waals surface area contributed by atoms with Crippen LogP contribution >= 0.6 is 0 Å². The van der Waals surface area contributed by atoms with Gasteiger partial charge >= 0.3 is 0 Å². The summed E-state index contributed by atoms with van der Waals surface area (Å²) in [7, 11) is 0. The van der Waals surface area contributed by atoms with Gasteiger partial charge in [0, 0.05) is 6.54 Å². The monoisotopic (exact) mass is 348 g/mol. The molecule has 2 aromatic heterocycles. The minimum atomic E-state index is -0.106. The van der Waals surface area contributed by atoms with Crippen LogP contribution in [0.1, 0.15) is 18.4 Å². The smallest absolute Gasteiger partial charge is 0.241 e. The van der Waals surface area contributed by atoms with Gasteiger partial charge in [-0.25, -0.2) is 14.6 Å². The molecule has 1 N–H and O–H groups in total. The van der Waals surface area contributed by atoms with Crippen LogP contribution < -0.4 is 5.32 Å². The molecule has 1 saturated heterocycles. The van der Waals surface area contributed by atoms with Crippen molar-refractivity contribution in [2.24, 2.45) is 0 Å². The predicted molar refractivity (Wildman–Crippen MR) is 97.7 cm³/mol. The number of aromatic nitrogens is 4. The van der Waals surface area contributed by atoms with E-state index in [0.29, 0.717) is 11.5 Å². The summed E-state index contributed by atoms with van der Waals surface area (Å²) < 4.78 is 1.57. The Morgan fingerprint density at radius 3 is 2.81 bits per heavy atom. The molecule has 4 rings (SSSR count). The number of nitrogens with one attached hydrogen (secondary N) is 1. The van der Waals surface area contributed by atoms with E-state index in [1.54, 1.807) is 23.3 Å². The molecule has 0 spiro atoms. The zero-order chi connectivity index (χ0) is 17.8. The lowest BCUT2D eigenvalue weighted by molar-refractivity contribution is -0.120. The second-order valence-corrected chi connectivity index (χ2v) is 6.35. The maximum absolute atomic E-state index is 12.7. The molecule has 1 aliphatic heterocycles. The lowest BCUT2D eigenvalue weighted by atomic mass is 10.1. The van der Waals surface area contributed by atoms with Gasteiger partial charge < -0.3 is 5.32 Å². The Balaban J connectivity index is 1.40. The van der Waals surface area contributed by atoms with Crippen LogP contribution in [0.25, 0.3) is 5.82 Å². The number of carbonyl (C=O) groups is 1. The van der Waals surface area contributed by atoms with Gasteiger partial charge in [0.1, 0.15) is 12.7 Å². The largest absolute Gasteiger partial charge is 0.323 e. The quantitative estimate of drug-likeness (QED) is 0.765. The van der Waals surface area contributed by atoms with E-state index in [4.69, 9.17) is 0 Å². The number of nitrogens with zero attached hydrogens (tertiary/aromatic N) is 5. The number of anilines is 1. The van der Waals surface area contributed by atoms with Gasteiger partial charge in [-0.1, -0.05) is 30.3 Å². The maximum Gasteiger partial charge on any atom is 0.241 e. The SMILES string of the molecule is O=C(Nc1ccc(-n2cncn2)nc1)C1CCCN1Cc1ccccc1. The third-order valence-electron chi connectivity index (χ3n) is 4.56. The molecule has 7 heteroatoms. The van der Waals surface area contributed by atoms with Gasteiger partial charge in [0.05, 0.1) is 17.9 Å². The first-order chi connectivity index (χ1) is 12.8. The van der Waals surface area contributed by atoms with Crippen LogP contribution in [0.15, 0.2) is 61.3 Å². The number of hydrogen-bond donors (Lipinski definition) is 1. The Bertz CT molecular complexity index is 848. The second-order valence-electron chi connectivity index (χ2n) is 6.35. The van der Waals surface area contributed by atoms with Crippen molar-refractivity contribution in [1.29, 1.82) is 0 Å². The summed E-state index contributed by atoms with van der Waals surface area (Å²) in [6, 6.07) is 13.8. The van der Waals surface area contributed by atoms with Crippen LogP contribution in [-0.2, 0) is 11.3 Å². The summed E-state index contributed by atoms with van der Waals surface area (Å²) in [5, 5.41) is 7.02. The Hall–Kier alpha value is -3.06. The van der Waals surface area contributed by atoms with Gasteiger partial charge in [0.25, 0.3) is 0 Å². The fourth-order valence-electron chi connectivity index (χ4n) is 3.28. The van der Waals surface area contributed by atoms with Crippen LogP contribution in [0, 0.1) is 0 Å². The molecule has 26 heavy (non-hydrogen) atoms. The minimum Gasteiger partial charge on any atom is -0.323 e. The first-order valence-corrected chi connectivity index (χ1v) is 8.69. The highest BCUT2D eigenvalue weighted by Crippen LogP contribution is 2.21. The van der Waals surface area contributed by atoms with Crippen LogP contribution in [0.3, 0.4) is 0 Å². The first-order valence-electron chi connectivity index (χ1n) is 8.69. The third-order valence-corrected chi connectivity index (χ3v) is 4.56. The second kappa shape index (κ2) is 7.45. The molecular weight excluding hydrogens is 328 g/mol. The van der Waals surface area contributed by atoms with Gasteiger partial charge in [-0.15, -0.1) is 0 Å². The van der Waals surface area contributed by atoms with E-state index in [-0.39, 0.29) is 11.9 Å². The summed E-state index contributed by atoms with van der Waals surface area (Å²) >= 11 is 0. The Morgan fingerprint density at radius 1 is 1.19 bits per heavy atom. The van der Waals surface area contributed by atoms with Crippen molar-refractivity contribution in [1.82, 2.24) is 24.6 Å². The summed E-state index contributed by atoms with van der Waals surface area (Å²) in [6.45, 7) is 1.74. The average Bonchev–Trinajstić information content (AvgIpc) is 3.35. The van der Waals surface area contributed by atoms with E-state index >= 15 is 0 Å². The molecule has 1 aromatic carbocycles. The predicted octanol–water partition coefficient (Wildman–Crippen LogP) is 2.27. The molecule has 0 aliphatic carbocycles. The van der Waals surface area contributed by atoms with Gasteiger partial charge in [-0.05, 0) is 37.1 Å².